The minimum absolute atomic E-state index is 0.00828. The molecular formula is C18H20ClNOS. The molecular weight excluding hydrogens is 314 g/mol. The lowest BCUT2D eigenvalue weighted by Gasteiger charge is -2.10. The van der Waals surface area contributed by atoms with Gasteiger partial charge in [-0.15, -0.1) is 0 Å². The van der Waals surface area contributed by atoms with Gasteiger partial charge in [0.2, 0.25) is 0 Å². The van der Waals surface area contributed by atoms with E-state index in [1.807, 2.05) is 56.3 Å². The number of rotatable bonds is 6. The number of carbonyl (C=O) groups excluding carboxylic acids is 1. The van der Waals surface area contributed by atoms with Gasteiger partial charge in [0, 0.05) is 28.6 Å². The van der Waals surface area contributed by atoms with Crippen molar-refractivity contribution in [2.45, 2.75) is 19.6 Å². The molecule has 116 valence electrons. The first-order valence-corrected chi connectivity index (χ1v) is 8.78. The van der Waals surface area contributed by atoms with E-state index >= 15 is 0 Å². The van der Waals surface area contributed by atoms with Gasteiger partial charge in [-0.25, -0.2) is 0 Å². The number of aryl methyl sites for hydroxylation is 2. The molecule has 2 nitrogen and oxygen atoms in total. The van der Waals surface area contributed by atoms with Gasteiger partial charge in [0.25, 0.3) is 5.91 Å². The largest absolute Gasteiger partial charge is 0.351 e. The van der Waals surface area contributed by atoms with Gasteiger partial charge < -0.3 is 5.32 Å². The molecule has 0 saturated heterocycles. The fraction of sp³-hybridized carbons (Fsp3) is 0.278. The maximum Gasteiger partial charge on any atom is 0.251 e. The zero-order valence-corrected chi connectivity index (χ0v) is 14.4. The molecule has 0 fully saturated rings. The summed E-state index contributed by atoms with van der Waals surface area (Å²) >= 11 is 7.89. The number of thioether (sulfide) groups is 1. The summed E-state index contributed by atoms with van der Waals surface area (Å²) in [7, 11) is 0. The van der Waals surface area contributed by atoms with E-state index in [4.69, 9.17) is 11.6 Å². The first-order valence-electron chi connectivity index (χ1n) is 7.25. The Balaban J connectivity index is 1.77. The van der Waals surface area contributed by atoms with Gasteiger partial charge in [0.15, 0.2) is 0 Å². The van der Waals surface area contributed by atoms with Gasteiger partial charge in [-0.2, -0.15) is 11.8 Å². The summed E-state index contributed by atoms with van der Waals surface area (Å²) < 4.78 is 0. The molecule has 0 spiro atoms. The van der Waals surface area contributed by atoms with Crippen molar-refractivity contribution in [2.75, 3.05) is 12.3 Å². The Morgan fingerprint density at radius 2 is 1.77 bits per heavy atom. The van der Waals surface area contributed by atoms with E-state index in [0.717, 1.165) is 38.8 Å². The van der Waals surface area contributed by atoms with Crippen LogP contribution < -0.4 is 5.32 Å². The SMILES string of the molecule is Cc1cccc(C)c1C(=O)NCCSCc1ccccc1Cl. The van der Waals surface area contributed by atoms with Crippen LogP contribution in [-0.2, 0) is 5.75 Å². The van der Waals surface area contributed by atoms with Gasteiger partial charge in [0.05, 0.1) is 0 Å². The lowest BCUT2D eigenvalue weighted by atomic mass is 10.0. The van der Waals surface area contributed by atoms with Gasteiger partial charge in [-0.3, -0.25) is 4.79 Å². The third kappa shape index (κ3) is 4.52. The predicted octanol–water partition coefficient (Wildman–Crippen LogP) is 4.62. The zero-order chi connectivity index (χ0) is 15.9. The molecule has 0 aromatic heterocycles. The van der Waals surface area contributed by atoms with Crippen LogP contribution in [0.3, 0.4) is 0 Å². The maximum absolute atomic E-state index is 12.2. The zero-order valence-electron chi connectivity index (χ0n) is 12.9. The lowest BCUT2D eigenvalue weighted by molar-refractivity contribution is 0.0955. The molecule has 4 heteroatoms. The fourth-order valence-electron chi connectivity index (χ4n) is 2.30. The lowest BCUT2D eigenvalue weighted by Crippen LogP contribution is -2.27. The van der Waals surface area contributed by atoms with Crippen molar-refractivity contribution in [3.63, 3.8) is 0 Å². The molecule has 0 unspecified atom stereocenters. The topological polar surface area (TPSA) is 29.1 Å². The Hall–Kier alpha value is -1.45. The van der Waals surface area contributed by atoms with Crippen molar-refractivity contribution in [3.05, 3.63) is 69.7 Å². The third-order valence-corrected chi connectivity index (χ3v) is 4.83. The molecule has 0 aliphatic heterocycles. The van der Waals surface area contributed by atoms with Crippen LogP contribution in [0.25, 0.3) is 0 Å². The summed E-state index contributed by atoms with van der Waals surface area (Å²) in [5, 5.41) is 3.79. The maximum atomic E-state index is 12.2. The molecule has 0 saturated carbocycles. The second kappa shape index (κ2) is 8.25. The van der Waals surface area contributed by atoms with Crippen molar-refractivity contribution in [1.29, 1.82) is 0 Å². The second-order valence-electron chi connectivity index (χ2n) is 5.17. The second-order valence-corrected chi connectivity index (χ2v) is 6.68. The summed E-state index contributed by atoms with van der Waals surface area (Å²) in [4.78, 5) is 12.2. The predicted molar refractivity (Wildman–Crippen MR) is 95.9 cm³/mol. The van der Waals surface area contributed by atoms with Crippen LogP contribution in [0.4, 0.5) is 0 Å². The van der Waals surface area contributed by atoms with E-state index in [1.165, 1.54) is 0 Å². The van der Waals surface area contributed by atoms with Crippen LogP contribution in [0.5, 0.6) is 0 Å². The highest BCUT2D eigenvalue weighted by atomic mass is 35.5. The smallest absolute Gasteiger partial charge is 0.251 e. The summed E-state index contributed by atoms with van der Waals surface area (Å²) in [6, 6.07) is 13.8. The van der Waals surface area contributed by atoms with Gasteiger partial charge in [0.1, 0.15) is 0 Å². The summed E-state index contributed by atoms with van der Waals surface area (Å²) in [6.45, 7) is 4.59. The Labute approximate surface area is 141 Å². The normalized spacial score (nSPS) is 10.5. The van der Waals surface area contributed by atoms with Crippen LogP contribution in [-0.4, -0.2) is 18.2 Å². The molecule has 0 atom stereocenters. The van der Waals surface area contributed by atoms with Crippen molar-refractivity contribution in [2.24, 2.45) is 0 Å². The van der Waals surface area contributed by atoms with E-state index in [-0.39, 0.29) is 5.91 Å². The molecule has 2 aromatic carbocycles. The number of halogens is 1. The Bertz CT molecular complexity index is 637. The third-order valence-electron chi connectivity index (χ3n) is 3.46. The van der Waals surface area contributed by atoms with E-state index in [9.17, 15) is 4.79 Å². The molecule has 1 N–H and O–H groups in total. The molecule has 0 aliphatic rings. The molecule has 2 aromatic rings. The van der Waals surface area contributed by atoms with Crippen LogP contribution in [0.15, 0.2) is 42.5 Å². The van der Waals surface area contributed by atoms with Crippen molar-refractivity contribution in [1.82, 2.24) is 5.32 Å². The Morgan fingerprint density at radius 1 is 1.09 bits per heavy atom. The summed E-state index contributed by atoms with van der Waals surface area (Å²) in [6.07, 6.45) is 0. The molecule has 0 aliphatic carbocycles. The number of nitrogens with one attached hydrogen (secondary N) is 1. The van der Waals surface area contributed by atoms with Crippen LogP contribution >= 0.6 is 23.4 Å². The van der Waals surface area contributed by atoms with Crippen molar-refractivity contribution < 1.29 is 4.79 Å². The van der Waals surface area contributed by atoms with Crippen molar-refractivity contribution >= 4 is 29.3 Å². The summed E-state index contributed by atoms with van der Waals surface area (Å²) in [5.74, 6) is 1.73. The molecule has 0 radical (unpaired) electrons. The first-order chi connectivity index (χ1) is 10.6. The van der Waals surface area contributed by atoms with E-state index in [1.54, 1.807) is 11.8 Å². The molecule has 0 heterocycles. The van der Waals surface area contributed by atoms with Crippen molar-refractivity contribution in [3.8, 4) is 0 Å². The average Bonchev–Trinajstić information content (AvgIpc) is 2.48. The number of hydrogen-bond donors (Lipinski definition) is 1. The van der Waals surface area contributed by atoms with E-state index in [2.05, 4.69) is 5.32 Å². The molecule has 2 rings (SSSR count). The highest BCUT2D eigenvalue weighted by molar-refractivity contribution is 7.98. The Kier molecular flexibility index (Phi) is 6.34. The monoisotopic (exact) mass is 333 g/mol. The quantitative estimate of drug-likeness (QED) is 0.781. The molecule has 1 amide bonds. The van der Waals surface area contributed by atoms with E-state index in [0.29, 0.717) is 6.54 Å². The van der Waals surface area contributed by atoms with Gasteiger partial charge in [-0.05, 0) is 36.6 Å². The first kappa shape index (κ1) is 16.9. The number of benzene rings is 2. The number of amides is 1. The van der Waals surface area contributed by atoms with Crippen LogP contribution in [0, 0.1) is 13.8 Å². The standard InChI is InChI=1S/C18H20ClNOS/c1-13-6-5-7-14(2)17(13)18(21)20-10-11-22-12-15-8-3-4-9-16(15)19/h3-9H,10-12H2,1-2H3,(H,20,21). The minimum Gasteiger partial charge on any atom is -0.351 e. The summed E-state index contributed by atoms with van der Waals surface area (Å²) in [5.41, 5.74) is 3.95. The number of hydrogen-bond acceptors (Lipinski definition) is 2. The average molecular weight is 334 g/mol. The van der Waals surface area contributed by atoms with E-state index < -0.39 is 0 Å². The molecule has 0 bridgehead atoms. The van der Waals surface area contributed by atoms with Crippen LogP contribution in [0.1, 0.15) is 27.0 Å². The van der Waals surface area contributed by atoms with Gasteiger partial charge >= 0.3 is 0 Å². The molecule has 22 heavy (non-hydrogen) atoms. The highest BCUT2D eigenvalue weighted by Gasteiger charge is 2.10. The van der Waals surface area contributed by atoms with Crippen LogP contribution in [0.2, 0.25) is 5.02 Å². The fourth-order valence-corrected chi connectivity index (χ4v) is 3.44. The van der Waals surface area contributed by atoms with Gasteiger partial charge in [-0.1, -0.05) is 48.0 Å². The number of carbonyl (C=O) groups is 1. The minimum atomic E-state index is 0.00828. The highest BCUT2D eigenvalue weighted by Crippen LogP contribution is 2.20. The Morgan fingerprint density at radius 3 is 2.45 bits per heavy atom.